The maximum Gasteiger partial charge on any atom is 0.220 e. The van der Waals surface area contributed by atoms with Gasteiger partial charge in [-0.3, -0.25) is 9.86 Å². The Hall–Kier alpha value is -2.69. The number of hydroxylamine groups is 1. The van der Waals surface area contributed by atoms with E-state index >= 15 is 0 Å². The second-order valence-electron chi connectivity index (χ2n) is 7.78. The van der Waals surface area contributed by atoms with Crippen LogP contribution >= 0.6 is 0 Å². The van der Waals surface area contributed by atoms with Crippen LogP contribution in [0.1, 0.15) is 28.4 Å². The van der Waals surface area contributed by atoms with E-state index in [9.17, 15) is 4.79 Å². The molecule has 0 N–H and O–H groups in total. The lowest BCUT2D eigenvalue weighted by Crippen LogP contribution is -2.40. The van der Waals surface area contributed by atoms with Crippen LogP contribution in [-0.4, -0.2) is 14.1 Å². The van der Waals surface area contributed by atoms with Gasteiger partial charge in [0.25, 0.3) is 0 Å². The van der Waals surface area contributed by atoms with Crippen LogP contribution in [0.2, 0.25) is 19.6 Å². The standard InChI is InChI=1S/C24H27NO2Si/c1-28(2,3)27-25(22-17-11-6-12-18-22)23(20-13-7-4-8-14-20)19-24(26)21-15-9-5-10-16-21/h4-18,23H,19H2,1-3H3. The quantitative estimate of drug-likeness (QED) is 0.258. The van der Waals surface area contributed by atoms with E-state index in [1.165, 1.54) is 0 Å². The maximum atomic E-state index is 13.1. The molecule has 1 atom stereocenters. The number of nitrogens with zero attached hydrogens (tertiary/aromatic N) is 1. The normalized spacial score (nSPS) is 12.4. The summed E-state index contributed by atoms with van der Waals surface area (Å²) in [6.07, 6.45) is 0.341. The Balaban J connectivity index is 2.01. The second-order valence-corrected chi connectivity index (χ2v) is 12.2. The molecule has 3 aromatic carbocycles. The number of hydrogen-bond donors (Lipinski definition) is 0. The van der Waals surface area contributed by atoms with Crippen LogP contribution in [0.3, 0.4) is 0 Å². The molecule has 0 saturated carbocycles. The minimum atomic E-state index is -1.91. The van der Waals surface area contributed by atoms with Gasteiger partial charge in [-0.1, -0.05) is 78.9 Å². The number of hydrogen-bond acceptors (Lipinski definition) is 3. The third-order valence-electron chi connectivity index (χ3n) is 4.32. The van der Waals surface area contributed by atoms with E-state index in [0.29, 0.717) is 6.42 Å². The summed E-state index contributed by atoms with van der Waals surface area (Å²) >= 11 is 0. The van der Waals surface area contributed by atoms with Crippen molar-refractivity contribution < 1.29 is 9.32 Å². The Bertz CT molecular complexity index is 877. The highest BCUT2D eigenvalue weighted by Crippen LogP contribution is 2.33. The van der Waals surface area contributed by atoms with E-state index in [2.05, 4.69) is 31.8 Å². The summed E-state index contributed by atoms with van der Waals surface area (Å²) in [5, 5.41) is 1.95. The molecule has 144 valence electrons. The molecule has 0 heterocycles. The van der Waals surface area contributed by atoms with Crippen LogP contribution in [0.5, 0.6) is 0 Å². The van der Waals surface area contributed by atoms with Gasteiger partial charge in [0, 0.05) is 12.0 Å². The zero-order chi connectivity index (χ0) is 20.0. The maximum absolute atomic E-state index is 13.1. The zero-order valence-corrected chi connectivity index (χ0v) is 17.7. The predicted molar refractivity (Wildman–Crippen MR) is 118 cm³/mol. The van der Waals surface area contributed by atoms with Crippen LogP contribution in [0.15, 0.2) is 91.0 Å². The summed E-state index contributed by atoms with van der Waals surface area (Å²) in [5.41, 5.74) is 2.75. The first-order valence-corrected chi connectivity index (χ1v) is 13.0. The third kappa shape index (κ3) is 5.41. The van der Waals surface area contributed by atoms with Crippen molar-refractivity contribution in [1.82, 2.24) is 0 Å². The molecule has 0 saturated heterocycles. The van der Waals surface area contributed by atoms with Crippen molar-refractivity contribution in [2.75, 3.05) is 5.06 Å². The van der Waals surface area contributed by atoms with Crippen molar-refractivity contribution in [3.63, 3.8) is 0 Å². The van der Waals surface area contributed by atoms with Crippen LogP contribution in [-0.2, 0) is 4.53 Å². The molecule has 4 heteroatoms. The number of rotatable bonds is 8. The van der Waals surface area contributed by atoms with Crippen molar-refractivity contribution in [3.05, 3.63) is 102 Å². The topological polar surface area (TPSA) is 29.5 Å². The smallest absolute Gasteiger partial charge is 0.220 e. The van der Waals surface area contributed by atoms with Crippen LogP contribution in [0.4, 0.5) is 5.69 Å². The Morgan fingerprint density at radius 3 is 1.86 bits per heavy atom. The number of ketones is 1. The summed E-state index contributed by atoms with van der Waals surface area (Å²) in [4.78, 5) is 13.1. The lowest BCUT2D eigenvalue weighted by molar-refractivity contribution is 0.0953. The highest BCUT2D eigenvalue weighted by atomic mass is 28.4. The molecule has 0 amide bonds. The van der Waals surface area contributed by atoms with Crippen molar-refractivity contribution in [3.8, 4) is 0 Å². The highest BCUT2D eigenvalue weighted by molar-refractivity contribution is 6.69. The molecule has 0 aliphatic carbocycles. The van der Waals surface area contributed by atoms with Crippen molar-refractivity contribution in [2.24, 2.45) is 0 Å². The van der Waals surface area contributed by atoms with E-state index in [1.54, 1.807) is 0 Å². The molecule has 1 unspecified atom stereocenters. The first-order chi connectivity index (χ1) is 13.4. The van der Waals surface area contributed by atoms with Crippen molar-refractivity contribution >= 4 is 19.8 Å². The predicted octanol–water partition coefficient (Wildman–Crippen LogP) is 6.27. The summed E-state index contributed by atoms with van der Waals surface area (Å²) in [6.45, 7) is 6.47. The second kappa shape index (κ2) is 9.00. The summed E-state index contributed by atoms with van der Waals surface area (Å²) < 4.78 is 6.50. The van der Waals surface area contributed by atoms with Gasteiger partial charge in [-0.05, 0) is 37.3 Å². The lowest BCUT2D eigenvalue weighted by atomic mass is 9.97. The number of carbonyl (C=O) groups excluding carboxylic acids is 1. The SMILES string of the molecule is C[Si](C)(C)ON(c1ccccc1)C(CC(=O)c1ccccc1)c1ccccc1. The molecule has 0 aliphatic heterocycles. The molecule has 3 nitrogen and oxygen atoms in total. The van der Waals surface area contributed by atoms with E-state index in [0.717, 1.165) is 16.8 Å². The molecule has 0 fully saturated rings. The van der Waals surface area contributed by atoms with Gasteiger partial charge in [0.15, 0.2) is 5.78 Å². The Morgan fingerprint density at radius 2 is 1.32 bits per heavy atom. The number of para-hydroxylation sites is 1. The molecule has 0 aliphatic rings. The molecule has 0 aromatic heterocycles. The van der Waals surface area contributed by atoms with E-state index in [1.807, 2.05) is 83.9 Å². The summed E-state index contributed by atoms with van der Waals surface area (Å²) in [6, 6.07) is 29.4. The molecular formula is C24H27NO2Si. The number of carbonyl (C=O) groups is 1. The zero-order valence-electron chi connectivity index (χ0n) is 16.7. The average Bonchev–Trinajstić information content (AvgIpc) is 2.71. The largest absolute Gasteiger partial charge is 0.320 e. The van der Waals surface area contributed by atoms with Gasteiger partial charge >= 0.3 is 0 Å². The minimum absolute atomic E-state index is 0.106. The minimum Gasteiger partial charge on any atom is -0.320 e. The highest BCUT2D eigenvalue weighted by Gasteiger charge is 2.29. The Labute approximate surface area is 168 Å². The first-order valence-electron chi connectivity index (χ1n) is 9.61. The van der Waals surface area contributed by atoms with Gasteiger partial charge in [0.2, 0.25) is 8.32 Å². The van der Waals surface area contributed by atoms with Gasteiger partial charge in [-0.25, -0.2) is 0 Å². The van der Waals surface area contributed by atoms with Gasteiger partial charge < -0.3 is 4.53 Å². The van der Waals surface area contributed by atoms with Gasteiger partial charge in [0.05, 0.1) is 11.7 Å². The van der Waals surface area contributed by atoms with Crippen LogP contribution < -0.4 is 5.06 Å². The molecule has 0 bridgehead atoms. The van der Waals surface area contributed by atoms with Gasteiger partial charge in [-0.15, -0.1) is 0 Å². The van der Waals surface area contributed by atoms with Crippen LogP contribution in [0.25, 0.3) is 0 Å². The monoisotopic (exact) mass is 389 g/mol. The molecule has 0 radical (unpaired) electrons. The molecule has 28 heavy (non-hydrogen) atoms. The summed E-state index contributed by atoms with van der Waals surface area (Å²) in [7, 11) is -1.91. The number of Topliss-reactive ketones (excluding diaryl/α,β-unsaturated/α-hetero) is 1. The van der Waals surface area contributed by atoms with Crippen LogP contribution in [0, 0.1) is 0 Å². The Morgan fingerprint density at radius 1 is 0.821 bits per heavy atom. The van der Waals surface area contributed by atoms with E-state index < -0.39 is 8.32 Å². The van der Waals surface area contributed by atoms with Crippen molar-refractivity contribution in [1.29, 1.82) is 0 Å². The third-order valence-corrected chi connectivity index (χ3v) is 5.07. The van der Waals surface area contributed by atoms with Gasteiger partial charge in [0.1, 0.15) is 0 Å². The summed E-state index contributed by atoms with van der Waals surface area (Å²) in [5.74, 6) is 0.106. The van der Waals surface area contributed by atoms with Gasteiger partial charge in [-0.2, -0.15) is 0 Å². The lowest BCUT2D eigenvalue weighted by Gasteiger charge is -2.37. The number of anilines is 1. The molecule has 3 rings (SSSR count). The molecular weight excluding hydrogens is 362 g/mol. The molecule has 3 aromatic rings. The average molecular weight is 390 g/mol. The van der Waals surface area contributed by atoms with Crippen molar-refractivity contribution in [2.45, 2.75) is 32.1 Å². The number of benzene rings is 3. The molecule has 0 spiro atoms. The van der Waals surface area contributed by atoms with E-state index in [4.69, 9.17) is 4.53 Å². The fourth-order valence-electron chi connectivity index (χ4n) is 3.10. The van der Waals surface area contributed by atoms with E-state index in [-0.39, 0.29) is 11.8 Å². The fourth-order valence-corrected chi connectivity index (χ4v) is 3.92. The fraction of sp³-hybridized carbons (Fsp3) is 0.208. The Kier molecular flexibility index (Phi) is 6.44. The first kappa shape index (κ1) is 20.1.